The van der Waals surface area contributed by atoms with Gasteiger partial charge in [0, 0.05) is 37.1 Å². The molecule has 0 spiro atoms. The molecule has 7 heteroatoms. The summed E-state index contributed by atoms with van der Waals surface area (Å²) in [6, 6.07) is 8.29. The maximum Gasteiger partial charge on any atom is 0.291 e. The number of nitriles is 1. The Morgan fingerprint density at radius 2 is 1.86 bits per heavy atom. The van der Waals surface area contributed by atoms with E-state index in [-0.39, 0.29) is 23.8 Å². The normalized spacial score (nSPS) is 15.1. The molecular weight excluding hydrogens is 445 g/mol. The molecule has 0 aromatic heterocycles. The lowest BCUT2D eigenvalue weighted by Gasteiger charge is -2.26. The third kappa shape index (κ3) is 10.8. The maximum atomic E-state index is 12.8. The summed E-state index contributed by atoms with van der Waals surface area (Å²) in [6.45, 7) is 17.9. The zero-order chi connectivity index (χ0) is 27.8. The van der Waals surface area contributed by atoms with Crippen LogP contribution in [0.15, 0.2) is 36.5 Å². The van der Waals surface area contributed by atoms with Crippen molar-refractivity contribution < 1.29 is 4.79 Å². The van der Waals surface area contributed by atoms with Crippen LogP contribution in [0.3, 0.4) is 0 Å². The molecule has 0 saturated carbocycles. The summed E-state index contributed by atoms with van der Waals surface area (Å²) in [4.78, 5) is 16.3. The van der Waals surface area contributed by atoms with Gasteiger partial charge >= 0.3 is 0 Å². The number of benzene rings is 1. The van der Waals surface area contributed by atoms with Crippen molar-refractivity contribution in [1.29, 1.82) is 16.1 Å². The van der Waals surface area contributed by atoms with Crippen molar-refractivity contribution in [3.05, 3.63) is 42.1 Å². The molecular formula is C29H47BN5O. The zero-order valence-electron chi connectivity index (χ0n) is 23.8. The Balaban J connectivity index is 0.000000861. The third-order valence-electron chi connectivity index (χ3n) is 6.28. The average molecular weight is 493 g/mol. The van der Waals surface area contributed by atoms with E-state index in [2.05, 4.69) is 38.5 Å². The van der Waals surface area contributed by atoms with E-state index in [1.165, 1.54) is 12.8 Å². The average Bonchev–Trinajstić information content (AvgIpc) is 3.20. The molecule has 0 bridgehead atoms. The van der Waals surface area contributed by atoms with E-state index in [1.807, 2.05) is 44.7 Å². The Kier molecular flexibility index (Phi) is 16.1. The van der Waals surface area contributed by atoms with E-state index >= 15 is 0 Å². The lowest BCUT2D eigenvalue weighted by atomic mass is 9.72. The molecule has 1 aromatic rings. The molecule has 1 unspecified atom stereocenters. The monoisotopic (exact) mass is 492 g/mol. The van der Waals surface area contributed by atoms with Crippen molar-refractivity contribution in [2.45, 2.75) is 99.0 Å². The Morgan fingerprint density at radius 1 is 1.28 bits per heavy atom. The predicted molar refractivity (Wildman–Crippen MR) is 154 cm³/mol. The summed E-state index contributed by atoms with van der Waals surface area (Å²) < 4.78 is 0. The van der Waals surface area contributed by atoms with Crippen molar-refractivity contribution in [2.24, 2.45) is 5.92 Å². The van der Waals surface area contributed by atoms with Crippen LogP contribution in [0.5, 0.6) is 0 Å². The molecule has 36 heavy (non-hydrogen) atoms. The van der Waals surface area contributed by atoms with Crippen molar-refractivity contribution >= 4 is 30.3 Å². The van der Waals surface area contributed by atoms with E-state index in [9.17, 15) is 4.79 Å². The summed E-state index contributed by atoms with van der Waals surface area (Å²) in [7, 11) is 3.27. The highest BCUT2D eigenvalue weighted by Gasteiger charge is 2.30. The number of hydrogen-bond acceptors (Lipinski definition) is 4. The van der Waals surface area contributed by atoms with Crippen LogP contribution >= 0.6 is 0 Å². The highest BCUT2D eigenvalue weighted by Crippen LogP contribution is 2.31. The van der Waals surface area contributed by atoms with Gasteiger partial charge in [-0.25, -0.2) is 5.26 Å². The zero-order valence-corrected chi connectivity index (χ0v) is 23.8. The number of carbonyl (C=O) groups excluding carboxylic acids is 1. The molecule has 1 aromatic carbocycles. The fraction of sp³-hybridized carbons (Fsp3) is 0.586. The van der Waals surface area contributed by atoms with Gasteiger partial charge in [-0.05, 0) is 44.6 Å². The van der Waals surface area contributed by atoms with Crippen LogP contribution in [0.25, 0.3) is 0 Å². The summed E-state index contributed by atoms with van der Waals surface area (Å²) in [5.74, 6) is 3.58. The number of hydrogen-bond donors (Lipinski definition) is 2. The van der Waals surface area contributed by atoms with Gasteiger partial charge < -0.3 is 9.80 Å². The topological polar surface area (TPSA) is 95.0 Å². The van der Waals surface area contributed by atoms with Crippen LogP contribution in [0.4, 0.5) is 0 Å². The molecule has 1 aliphatic heterocycles. The summed E-state index contributed by atoms with van der Waals surface area (Å²) in [5, 5.41) is 23.4. The second-order valence-electron chi connectivity index (χ2n) is 9.39. The molecule has 0 aliphatic carbocycles. The largest absolute Gasteiger partial charge is 0.322 e. The number of carbonyl (C=O) groups is 1. The smallest absolute Gasteiger partial charge is 0.291 e. The van der Waals surface area contributed by atoms with Gasteiger partial charge in [0.05, 0.1) is 5.84 Å². The van der Waals surface area contributed by atoms with E-state index in [0.717, 1.165) is 43.3 Å². The van der Waals surface area contributed by atoms with Crippen molar-refractivity contribution in [2.75, 3.05) is 7.05 Å². The minimum Gasteiger partial charge on any atom is -0.322 e. The molecule has 1 radical (unpaired) electrons. The van der Waals surface area contributed by atoms with Gasteiger partial charge in [-0.15, -0.1) is 0 Å². The van der Waals surface area contributed by atoms with E-state index < -0.39 is 0 Å². The molecule has 1 amide bonds. The van der Waals surface area contributed by atoms with Gasteiger partial charge in [-0.1, -0.05) is 83.8 Å². The Bertz CT molecular complexity index is 888. The quantitative estimate of drug-likeness (QED) is 0.255. The Labute approximate surface area is 221 Å². The summed E-state index contributed by atoms with van der Waals surface area (Å²) >= 11 is 0. The fourth-order valence-electron chi connectivity index (χ4n) is 4.01. The number of nitrogens with one attached hydrogen (secondary N) is 2. The summed E-state index contributed by atoms with van der Waals surface area (Å²) in [5.41, 5.74) is 3.05. The Morgan fingerprint density at radius 3 is 2.25 bits per heavy atom. The highest BCUT2D eigenvalue weighted by molar-refractivity contribution is 6.60. The number of rotatable bonds is 8. The van der Waals surface area contributed by atoms with Crippen LogP contribution in [0.1, 0.15) is 98.5 Å². The number of unbranched alkanes of at least 4 members (excludes halogenated alkanes) is 1. The third-order valence-corrected chi connectivity index (χ3v) is 6.28. The second kappa shape index (κ2) is 17.5. The molecule has 1 fully saturated rings. The molecule has 2 atom stereocenters. The lowest BCUT2D eigenvalue weighted by molar-refractivity contribution is -0.130. The number of amidine groups is 2. The first kappa shape index (κ1) is 33.1. The van der Waals surface area contributed by atoms with E-state index in [0.29, 0.717) is 18.1 Å². The SMILES string of the molecule is C=C1CCC(C)N1C(=O)C[C@H](CCCC)c1ccc([B]C#N)cc1.CC.CC(=N)N(C)C(=N)C(C)C. The molecule has 1 aliphatic rings. The first-order valence-electron chi connectivity index (χ1n) is 13.2. The van der Waals surface area contributed by atoms with Gasteiger partial charge in [0.25, 0.3) is 7.28 Å². The minimum absolute atomic E-state index is 0.193. The number of allylic oxidation sites excluding steroid dienone is 1. The van der Waals surface area contributed by atoms with Gasteiger partial charge in [0.15, 0.2) is 0 Å². The predicted octanol–water partition coefficient (Wildman–Crippen LogP) is 6.26. The second-order valence-corrected chi connectivity index (χ2v) is 9.39. The van der Waals surface area contributed by atoms with Crippen molar-refractivity contribution in [1.82, 2.24) is 9.80 Å². The van der Waals surface area contributed by atoms with E-state index in [4.69, 9.17) is 16.1 Å². The molecule has 2 rings (SSSR count). The molecule has 1 heterocycles. The van der Waals surface area contributed by atoms with Crippen LogP contribution < -0.4 is 5.46 Å². The first-order valence-corrected chi connectivity index (χ1v) is 13.2. The van der Waals surface area contributed by atoms with Gasteiger partial charge in [0.2, 0.25) is 5.91 Å². The molecule has 1 saturated heterocycles. The van der Waals surface area contributed by atoms with Gasteiger partial charge in [0.1, 0.15) is 5.84 Å². The van der Waals surface area contributed by atoms with Crippen molar-refractivity contribution in [3.63, 3.8) is 0 Å². The van der Waals surface area contributed by atoms with Crippen molar-refractivity contribution in [3.8, 4) is 5.97 Å². The molecule has 2 N–H and O–H groups in total. The number of nitrogens with zero attached hydrogens (tertiary/aromatic N) is 3. The number of amides is 1. The minimum atomic E-state index is 0.193. The fourth-order valence-corrected chi connectivity index (χ4v) is 4.01. The highest BCUT2D eigenvalue weighted by atomic mass is 16.2. The Hall–Kier alpha value is -2.88. The van der Waals surface area contributed by atoms with Gasteiger partial charge in [-0.2, -0.15) is 0 Å². The first-order chi connectivity index (χ1) is 17.0. The standard InChI is InChI=1S/C20H26BN2O.C7H15N3.C2H6/c1-4-5-6-18(17-9-11-19(12-10-17)21-14-22)13-20(24)23-15(2)7-8-16(23)3;1-5(2)7(9)10(4)6(3)8;1-2/h9-12,16,18H,2,4-8,13H2,1,3H3;5,8-9H,1-4H3;1-2H3/t16?,18-;;/m0../s1. The molecule has 197 valence electrons. The van der Waals surface area contributed by atoms with Crippen LogP contribution in [0.2, 0.25) is 0 Å². The van der Waals surface area contributed by atoms with Gasteiger partial charge in [-0.3, -0.25) is 15.6 Å². The van der Waals surface area contributed by atoms with Crippen LogP contribution in [-0.4, -0.2) is 47.7 Å². The van der Waals surface area contributed by atoms with E-state index in [1.54, 1.807) is 18.9 Å². The maximum absolute atomic E-state index is 12.8. The molecule has 6 nitrogen and oxygen atoms in total. The van der Waals surface area contributed by atoms with Crippen LogP contribution in [0, 0.1) is 28.0 Å². The lowest BCUT2D eigenvalue weighted by Crippen LogP contribution is -2.33. The number of likely N-dealkylation sites (tertiary alicyclic amines) is 1. The van der Waals surface area contributed by atoms with Crippen LogP contribution in [-0.2, 0) is 4.79 Å². The summed E-state index contributed by atoms with van der Waals surface area (Å²) in [6.07, 6.45) is 5.72.